The minimum absolute atomic E-state index is 0.0550. The highest BCUT2D eigenvalue weighted by Crippen LogP contribution is 2.13. The zero-order valence-electron chi connectivity index (χ0n) is 63.7. The number of nitrogens with one attached hydrogen (secondary N) is 16. The van der Waals surface area contributed by atoms with E-state index in [1.807, 2.05) is 18.2 Å². The number of rotatable bonds is 44. The number of amides is 16. The van der Waals surface area contributed by atoms with E-state index in [1.165, 1.54) is 48.5 Å². The number of carboxylic acids is 1. The molecule has 0 heterocycles. The summed E-state index contributed by atoms with van der Waals surface area (Å²) in [5.74, 6) is -16.9. The van der Waals surface area contributed by atoms with Crippen molar-refractivity contribution in [3.05, 3.63) is 35.9 Å². The van der Waals surface area contributed by atoms with E-state index in [0.717, 1.165) is 5.56 Å². The minimum atomic E-state index is -1.63. The van der Waals surface area contributed by atoms with Gasteiger partial charge in [-0.3, -0.25) is 81.5 Å². The number of hydrogen-bond acceptors (Lipinski definition) is 19. The fourth-order valence-electron chi connectivity index (χ4n) is 9.87. The lowest BCUT2D eigenvalue weighted by Crippen LogP contribution is -2.60. The average molecular weight is 1490 g/mol. The Kier molecular flexibility index (Phi) is 40.3. The van der Waals surface area contributed by atoms with Crippen LogP contribution in [0.1, 0.15) is 150 Å². The number of aliphatic carboxylic acids is 1. The second-order valence-electron chi connectivity index (χ2n) is 28.4. The number of benzene rings is 1. The van der Waals surface area contributed by atoms with Gasteiger partial charge in [0.25, 0.3) is 0 Å². The Balaban J connectivity index is 2.93. The van der Waals surface area contributed by atoms with Crippen LogP contribution >= 0.6 is 0 Å². The van der Waals surface area contributed by atoms with Crippen molar-refractivity contribution in [1.29, 1.82) is 0 Å². The third-order valence-corrected chi connectivity index (χ3v) is 16.2. The summed E-state index contributed by atoms with van der Waals surface area (Å²) in [4.78, 5) is 224. The van der Waals surface area contributed by atoms with Gasteiger partial charge in [0.2, 0.25) is 94.5 Å². The lowest BCUT2D eigenvalue weighted by molar-refractivity contribution is -0.142. The number of carbonyl (C=O) groups is 17. The first-order valence-electron chi connectivity index (χ1n) is 35.1. The molecule has 0 aliphatic carbocycles. The normalized spacial score (nSPS) is 15.6. The Morgan fingerprint density at radius 1 is 0.314 bits per heavy atom. The molecular formula is C69H115N17O19. The van der Waals surface area contributed by atoms with Gasteiger partial charge in [0, 0.05) is 0 Å². The molecular weight excluding hydrogens is 1370 g/mol. The van der Waals surface area contributed by atoms with Gasteiger partial charge in [-0.2, -0.15) is 0 Å². The van der Waals surface area contributed by atoms with Crippen LogP contribution in [0.3, 0.4) is 0 Å². The first-order valence-corrected chi connectivity index (χ1v) is 35.1. The molecule has 20 N–H and O–H groups in total. The molecule has 0 aliphatic rings. The van der Waals surface area contributed by atoms with E-state index in [4.69, 9.17) is 10.8 Å². The lowest BCUT2D eigenvalue weighted by Gasteiger charge is -2.29. The molecule has 0 unspecified atom stereocenters. The number of aliphatic hydroxyl groups is 1. The van der Waals surface area contributed by atoms with Crippen molar-refractivity contribution in [3.63, 3.8) is 0 Å². The zero-order valence-corrected chi connectivity index (χ0v) is 63.7. The van der Waals surface area contributed by atoms with Crippen LogP contribution in [0.4, 0.5) is 0 Å². The van der Waals surface area contributed by atoms with E-state index in [1.54, 1.807) is 95.2 Å². The summed E-state index contributed by atoms with van der Waals surface area (Å²) in [6.07, 6.45) is -1.15. The monoisotopic (exact) mass is 1490 g/mol. The van der Waals surface area contributed by atoms with Crippen molar-refractivity contribution < 1.29 is 91.7 Å². The van der Waals surface area contributed by atoms with E-state index < -0.39 is 234 Å². The number of carboxylic acid groups (broad SMARTS) is 1. The van der Waals surface area contributed by atoms with Crippen molar-refractivity contribution in [2.24, 2.45) is 41.2 Å². The third kappa shape index (κ3) is 34.1. The van der Waals surface area contributed by atoms with Crippen LogP contribution in [0, 0.1) is 35.5 Å². The number of nitrogens with two attached hydrogens (primary N) is 1. The van der Waals surface area contributed by atoms with Crippen molar-refractivity contribution in [2.45, 2.75) is 242 Å². The van der Waals surface area contributed by atoms with E-state index in [0.29, 0.717) is 0 Å². The predicted octanol–water partition coefficient (Wildman–Crippen LogP) is -4.49. The van der Waals surface area contributed by atoms with Crippen molar-refractivity contribution in [2.75, 3.05) is 19.6 Å². The van der Waals surface area contributed by atoms with Gasteiger partial charge in [-0.05, 0) is 109 Å². The molecule has 16 amide bonds. The summed E-state index contributed by atoms with van der Waals surface area (Å²) < 4.78 is 0. The maximum atomic E-state index is 13.9. The van der Waals surface area contributed by atoms with E-state index in [-0.39, 0.29) is 31.1 Å². The van der Waals surface area contributed by atoms with Crippen molar-refractivity contribution >= 4 is 100 Å². The highest BCUT2D eigenvalue weighted by molar-refractivity contribution is 6.00. The van der Waals surface area contributed by atoms with Crippen molar-refractivity contribution in [3.8, 4) is 0 Å². The van der Waals surface area contributed by atoms with Crippen LogP contribution < -0.4 is 90.8 Å². The van der Waals surface area contributed by atoms with Gasteiger partial charge in [-0.15, -0.1) is 0 Å². The van der Waals surface area contributed by atoms with Crippen LogP contribution in [0.2, 0.25) is 0 Å². The molecule has 15 atom stereocenters. The molecule has 0 aromatic heterocycles. The van der Waals surface area contributed by atoms with Gasteiger partial charge in [0.1, 0.15) is 78.5 Å². The Morgan fingerprint density at radius 3 is 0.962 bits per heavy atom. The van der Waals surface area contributed by atoms with Crippen LogP contribution in [-0.4, -0.2) is 221 Å². The summed E-state index contributed by atoms with van der Waals surface area (Å²) in [6.45, 7) is 27.0. The largest absolute Gasteiger partial charge is 0.480 e. The van der Waals surface area contributed by atoms with Gasteiger partial charge in [0.15, 0.2) is 0 Å². The van der Waals surface area contributed by atoms with Gasteiger partial charge < -0.3 is 101 Å². The van der Waals surface area contributed by atoms with Gasteiger partial charge in [-0.1, -0.05) is 113 Å². The number of aliphatic hydroxyl groups excluding tert-OH is 1. The fourth-order valence-corrected chi connectivity index (χ4v) is 9.87. The first-order chi connectivity index (χ1) is 48.7. The molecule has 36 heteroatoms. The Labute approximate surface area is 613 Å². The smallest absolute Gasteiger partial charge is 0.325 e. The van der Waals surface area contributed by atoms with Gasteiger partial charge in [0.05, 0.1) is 31.8 Å². The summed E-state index contributed by atoms with van der Waals surface area (Å²) in [5.41, 5.74) is 6.86. The zero-order chi connectivity index (χ0) is 80.6. The van der Waals surface area contributed by atoms with Gasteiger partial charge in [-0.25, -0.2) is 0 Å². The van der Waals surface area contributed by atoms with Crippen LogP contribution in [-0.2, 0) is 87.9 Å². The summed E-state index contributed by atoms with van der Waals surface area (Å²) >= 11 is 0. The average Bonchev–Trinajstić information content (AvgIpc) is 0.866. The second-order valence-corrected chi connectivity index (χ2v) is 28.4. The maximum absolute atomic E-state index is 13.9. The molecule has 1 aromatic rings. The molecule has 105 heavy (non-hydrogen) atoms. The molecule has 0 saturated carbocycles. The van der Waals surface area contributed by atoms with Gasteiger partial charge >= 0.3 is 5.97 Å². The Morgan fingerprint density at radius 2 is 0.590 bits per heavy atom. The summed E-state index contributed by atoms with van der Waals surface area (Å²) in [5, 5.41) is 58.8. The van der Waals surface area contributed by atoms with Crippen molar-refractivity contribution in [1.82, 2.24) is 85.1 Å². The third-order valence-electron chi connectivity index (χ3n) is 16.2. The molecule has 0 bridgehead atoms. The topological polar surface area (TPSA) is 549 Å². The molecule has 590 valence electrons. The molecule has 1 rings (SSSR count). The Hall–Kier alpha value is -9.87. The highest BCUT2D eigenvalue weighted by atomic mass is 16.4. The SMILES string of the molecule is CC(C)C[C@H](NC(=O)[C@H](C)NC(=O)[C@@H](NC(=O)CNC(=O)[C@H](C)NC(=O)[C@H](CC(C)C)NC(=O)[C@@H](NC(=O)[C@@H](NC(=O)CNC(=O)[C@H](C)NC(=O)[C@@H](N)Cc1ccccc1)C(C)C)C(C)C)C(C)C)C(=O)NCC(=O)N[C@H](C(=O)N[C@@H](C)C(=O)N[C@H](C(=O)N[C@@H](C)C(=O)N[C@@H](C)C(=O)O)[C@@H](C)O)C(C)C. The van der Waals surface area contributed by atoms with E-state index >= 15 is 0 Å². The number of hydrogen-bond donors (Lipinski definition) is 19. The second kappa shape index (κ2) is 45.4. The first kappa shape index (κ1) is 93.1. The molecule has 0 saturated heterocycles. The molecule has 36 nitrogen and oxygen atoms in total. The quantitative estimate of drug-likeness (QED) is 0.0293. The lowest BCUT2D eigenvalue weighted by atomic mass is 9.98. The van der Waals surface area contributed by atoms with Crippen LogP contribution in [0.15, 0.2) is 30.3 Å². The Bertz CT molecular complexity index is 3180. The van der Waals surface area contributed by atoms with E-state index in [2.05, 4.69) is 85.1 Å². The van der Waals surface area contributed by atoms with E-state index in [9.17, 15) is 86.6 Å². The summed E-state index contributed by atoms with van der Waals surface area (Å²) in [7, 11) is 0. The molecule has 1 aromatic carbocycles. The molecule has 0 spiro atoms. The standard InChI is InChI=1S/C69H115N17O19/c1-31(2)25-46(62(97)73-30-50(90)83-52(34(7)8)65(100)77-41(17)60(95)86-55(43(19)87)68(103)78-39(15)58(93)79-42(18)69(104)105)80-59(94)40(16)76-64(99)51(33(5)6)82-48(88)28-72-57(92)38(14)75-63(98)47(26-32(3)4)81-66(101)54(36(11)12)85-67(102)53(35(9)10)84-49(89)29-71-56(91)37(13)74-61(96)45(70)27-44-23-21-20-22-24-44/h20-24,31-43,45-47,51-55,87H,25-30,70H2,1-19H3,(H,71,91)(H,72,92)(H,73,97)(H,74,96)(H,75,98)(H,76,99)(H,77,100)(H,78,103)(H,79,93)(H,80,94)(H,81,101)(H,82,88)(H,83,90)(H,84,89)(H,85,102)(H,86,95)(H,104,105)/t37-,38-,39-,40-,41-,42-,43+,45-,46-,47-,51-,52-,53-,54-,55-/m0/s1. The predicted molar refractivity (Wildman–Crippen MR) is 384 cm³/mol. The van der Waals surface area contributed by atoms with Crippen LogP contribution in [0.5, 0.6) is 0 Å². The number of carbonyl (C=O) groups excluding carboxylic acids is 16. The molecule has 0 radical (unpaired) electrons. The molecule has 0 aliphatic heterocycles. The summed E-state index contributed by atoms with van der Waals surface area (Å²) in [6, 6.07) is -8.62. The maximum Gasteiger partial charge on any atom is 0.325 e. The van der Waals surface area contributed by atoms with Crippen LogP contribution in [0.25, 0.3) is 0 Å². The molecule has 0 fully saturated rings. The minimum Gasteiger partial charge on any atom is -0.480 e. The fraction of sp³-hybridized carbons (Fsp3) is 0.667. The highest BCUT2D eigenvalue weighted by Gasteiger charge is 2.37.